The molecule has 2 aromatic rings. The summed E-state index contributed by atoms with van der Waals surface area (Å²) < 4.78 is 34.5. The van der Waals surface area contributed by atoms with Gasteiger partial charge in [-0.1, -0.05) is 92.8 Å². The summed E-state index contributed by atoms with van der Waals surface area (Å²) in [5, 5.41) is 0. The average molecular weight is 428 g/mol. The Morgan fingerprint density at radius 3 is 2.43 bits per heavy atom. The smallest absolute Gasteiger partial charge is 0.243 e. The van der Waals surface area contributed by atoms with Crippen molar-refractivity contribution in [2.75, 3.05) is 13.1 Å². The molecule has 2 aromatic carbocycles. The zero-order valence-corrected chi connectivity index (χ0v) is 18.9. The Morgan fingerprint density at radius 1 is 1.00 bits per heavy atom. The molecule has 30 heavy (non-hydrogen) atoms. The molecule has 5 heteroatoms. The second-order valence-corrected chi connectivity index (χ2v) is 9.99. The average Bonchev–Trinajstić information content (AvgIpc) is 2.76. The van der Waals surface area contributed by atoms with Gasteiger partial charge in [-0.15, -0.1) is 0 Å². The zero-order valence-electron chi connectivity index (χ0n) is 18.0. The molecule has 3 rings (SSSR count). The van der Waals surface area contributed by atoms with Gasteiger partial charge in [0, 0.05) is 13.1 Å². The highest BCUT2D eigenvalue weighted by Crippen LogP contribution is 2.25. The molecule has 4 nitrogen and oxygen atoms in total. The summed E-state index contributed by atoms with van der Waals surface area (Å²) in [6, 6.07) is 17.1. The Morgan fingerprint density at radius 2 is 1.73 bits per heavy atom. The zero-order chi connectivity index (χ0) is 21.4. The van der Waals surface area contributed by atoms with E-state index in [0.29, 0.717) is 18.0 Å². The lowest BCUT2D eigenvalue weighted by atomic mass is 10.1. The van der Waals surface area contributed by atoms with Crippen molar-refractivity contribution in [2.45, 2.75) is 63.1 Å². The minimum Gasteiger partial charge on any atom is -0.368 e. The van der Waals surface area contributed by atoms with Crippen molar-refractivity contribution in [2.24, 2.45) is 0 Å². The first-order chi connectivity index (χ1) is 14.5. The molecule has 162 valence electrons. The molecule has 0 unspecified atom stereocenters. The minimum atomic E-state index is -3.54. The molecule has 0 spiro atoms. The lowest BCUT2D eigenvalue weighted by molar-refractivity contribution is -0.0441. The Kier molecular flexibility index (Phi) is 8.25. The number of aryl methyl sites for hydroxylation is 1. The van der Waals surface area contributed by atoms with Gasteiger partial charge in [-0.3, -0.25) is 0 Å². The van der Waals surface area contributed by atoms with Crippen molar-refractivity contribution in [1.82, 2.24) is 4.31 Å². The molecule has 1 saturated heterocycles. The first-order valence-electron chi connectivity index (χ1n) is 10.9. The van der Waals surface area contributed by atoms with E-state index < -0.39 is 10.0 Å². The molecule has 0 aliphatic carbocycles. The van der Waals surface area contributed by atoms with E-state index in [1.807, 2.05) is 61.5 Å². The number of morpholine rings is 1. The van der Waals surface area contributed by atoms with Gasteiger partial charge in [0.1, 0.15) is 0 Å². The Balaban J connectivity index is 1.76. The van der Waals surface area contributed by atoms with E-state index in [4.69, 9.17) is 4.74 Å². The lowest BCUT2D eigenvalue weighted by Gasteiger charge is -2.36. The van der Waals surface area contributed by atoms with Crippen molar-refractivity contribution in [1.29, 1.82) is 0 Å². The van der Waals surface area contributed by atoms with Crippen LogP contribution in [0.2, 0.25) is 0 Å². The van der Waals surface area contributed by atoms with Gasteiger partial charge in [0.25, 0.3) is 0 Å². The van der Waals surface area contributed by atoms with E-state index in [0.717, 1.165) is 30.4 Å². The molecule has 1 fully saturated rings. The van der Waals surface area contributed by atoms with E-state index in [1.165, 1.54) is 12.8 Å². The fraction of sp³-hybridized carbons (Fsp3) is 0.440. The number of hydrogen-bond donors (Lipinski definition) is 0. The van der Waals surface area contributed by atoms with Crippen LogP contribution < -0.4 is 0 Å². The van der Waals surface area contributed by atoms with Crippen LogP contribution in [0.3, 0.4) is 0 Å². The molecule has 0 saturated carbocycles. The predicted molar refractivity (Wildman–Crippen MR) is 123 cm³/mol. The van der Waals surface area contributed by atoms with Crippen LogP contribution >= 0.6 is 0 Å². The molecule has 1 aliphatic rings. The third-order valence-electron chi connectivity index (χ3n) is 5.50. The van der Waals surface area contributed by atoms with Crippen molar-refractivity contribution >= 4 is 16.1 Å². The van der Waals surface area contributed by atoms with Gasteiger partial charge in [-0.25, -0.2) is 8.42 Å². The quantitative estimate of drug-likeness (QED) is 0.501. The summed E-state index contributed by atoms with van der Waals surface area (Å²) in [5.41, 5.74) is 2.13. The topological polar surface area (TPSA) is 46.6 Å². The van der Waals surface area contributed by atoms with E-state index in [-0.39, 0.29) is 12.2 Å². The van der Waals surface area contributed by atoms with Gasteiger partial charge in [0.2, 0.25) is 10.0 Å². The monoisotopic (exact) mass is 427 g/mol. The number of sulfonamides is 1. The molecule has 1 heterocycles. The van der Waals surface area contributed by atoms with E-state index >= 15 is 0 Å². The molecule has 0 bridgehead atoms. The highest BCUT2D eigenvalue weighted by Gasteiger charge is 2.34. The van der Waals surface area contributed by atoms with E-state index in [1.54, 1.807) is 16.4 Å². The predicted octanol–water partition coefficient (Wildman–Crippen LogP) is 5.44. The fourth-order valence-electron chi connectivity index (χ4n) is 3.74. The number of benzene rings is 2. The van der Waals surface area contributed by atoms with Crippen molar-refractivity contribution in [3.63, 3.8) is 0 Å². The molecule has 0 N–H and O–H groups in total. The number of rotatable bonds is 9. The van der Waals surface area contributed by atoms with Gasteiger partial charge >= 0.3 is 0 Å². The van der Waals surface area contributed by atoms with Crippen LogP contribution in [0, 0.1) is 6.92 Å². The molecule has 1 aliphatic heterocycles. The summed E-state index contributed by atoms with van der Waals surface area (Å²) in [5.74, 6) is 0. The molecule has 2 atom stereocenters. The van der Waals surface area contributed by atoms with E-state index in [2.05, 4.69) is 6.92 Å². The van der Waals surface area contributed by atoms with Crippen LogP contribution in [0.4, 0.5) is 0 Å². The van der Waals surface area contributed by atoms with Gasteiger partial charge < -0.3 is 4.74 Å². The SMILES string of the molecule is CCCCCC[C@@H]1CN(S(=O)(=O)c2ccc(C)cc2)C[C@H](/C=C/c2ccccc2)O1. The summed E-state index contributed by atoms with van der Waals surface area (Å²) in [6.07, 6.45) is 9.16. The highest BCUT2D eigenvalue weighted by atomic mass is 32.2. The Hall–Kier alpha value is -1.95. The first kappa shape index (κ1) is 22.7. The molecule has 0 amide bonds. The maximum absolute atomic E-state index is 13.3. The lowest BCUT2D eigenvalue weighted by Crippen LogP contribution is -2.49. The molecule has 0 radical (unpaired) electrons. The normalized spacial score (nSPS) is 20.6. The number of ether oxygens (including phenoxy) is 1. The van der Waals surface area contributed by atoms with Gasteiger partial charge in [0.15, 0.2) is 0 Å². The van der Waals surface area contributed by atoms with Crippen molar-refractivity contribution in [3.05, 3.63) is 71.8 Å². The second-order valence-electron chi connectivity index (χ2n) is 8.05. The molecule has 0 aromatic heterocycles. The Bertz CT molecular complexity index is 907. The van der Waals surface area contributed by atoms with Crippen LogP contribution in [-0.4, -0.2) is 38.0 Å². The van der Waals surface area contributed by atoms with Gasteiger partial charge in [-0.05, 0) is 31.0 Å². The van der Waals surface area contributed by atoms with Crippen LogP contribution in [-0.2, 0) is 14.8 Å². The number of nitrogens with zero attached hydrogens (tertiary/aromatic N) is 1. The highest BCUT2D eigenvalue weighted by molar-refractivity contribution is 7.89. The van der Waals surface area contributed by atoms with Crippen LogP contribution in [0.25, 0.3) is 6.08 Å². The van der Waals surface area contributed by atoms with E-state index in [9.17, 15) is 8.42 Å². The third-order valence-corrected chi connectivity index (χ3v) is 7.35. The van der Waals surface area contributed by atoms with Crippen molar-refractivity contribution in [3.8, 4) is 0 Å². The van der Waals surface area contributed by atoms with Gasteiger partial charge in [-0.2, -0.15) is 4.31 Å². The maximum atomic E-state index is 13.3. The summed E-state index contributed by atoms with van der Waals surface area (Å²) in [7, 11) is -3.54. The van der Waals surface area contributed by atoms with Crippen LogP contribution in [0.1, 0.15) is 50.2 Å². The molecular weight excluding hydrogens is 394 g/mol. The minimum absolute atomic E-state index is 0.0822. The maximum Gasteiger partial charge on any atom is 0.243 e. The van der Waals surface area contributed by atoms with Crippen LogP contribution in [0.5, 0.6) is 0 Å². The fourth-order valence-corrected chi connectivity index (χ4v) is 5.22. The largest absolute Gasteiger partial charge is 0.368 e. The van der Waals surface area contributed by atoms with Gasteiger partial charge in [0.05, 0.1) is 17.1 Å². The first-order valence-corrected chi connectivity index (χ1v) is 12.4. The van der Waals surface area contributed by atoms with Crippen LogP contribution in [0.15, 0.2) is 65.6 Å². The number of unbranched alkanes of at least 4 members (excludes halogenated alkanes) is 3. The summed E-state index contributed by atoms with van der Waals surface area (Å²) in [4.78, 5) is 0.352. The summed E-state index contributed by atoms with van der Waals surface area (Å²) in [6.45, 7) is 4.91. The van der Waals surface area contributed by atoms with Crippen molar-refractivity contribution < 1.29 is 13.2 Å². The third kappa shape index (κ3) is 6.27. The molecular formula is C25H33NO3S. The number of hydrogen-bond acceptors (Lipinski definition) is 3. The standard InChI is InChI=1S/C25H33NO3S/c1-3-4-5-9-12-23-19-26(30(27,28)25-17-13-21(2)14-18-25)20-24(29-23)16-15-22-10-7-6-8-11-22/h6-8,10-11,13-18,23-24H,3-5,9,12,19-20H2,1-2H3/b16-15+/t23-,24+/m1/s1. The second kappa shape index (κ2) is 10.9. The Labute approximate surface area is 181 Å². The summed E-state index contributed by atoms with van der Waals surface area (Å²) >= 11 is 0.